The monoisotopic (exact) mass is 512 g/mol. The average Bonchev–Trinajstić information content (AvgIpc) is 2.67. The van der Waals surface area contributed by atoms with Crippen molar-refractivity contribution in [1.82, 2.24) is 9.97 Å². The van der Waals surface area contributed by atoms with E-state index in [4.69, 9.17) is 0 Å². The maximum absolute atomic E-state index is 13.4. The first-order valence-corrected chi connectivity index (χ1v) is 10.3. The van der Waals surface area contributed by atoms with Crippen LogP contribution in [0, 0.1) is 3.57 Å². The molecule has 0 fully saturated rings. The first-order chi connectivity index (χ1) is 13.8. The summed E-state index contributed by atoms with van der Waals surface area (Å²) in [6, 6.07) is 14.8. The lowest BCUT2D eigenvalue weighted by Crippen LogP contribution is -2.12. The van der Waals surface area contributed by atoms with Gasteiger partial charge in [-0.1, -0.05) is 31.5 Å². The summed E-state index contributed by atoms with van der Waals surface area (Å²) in [5.41, 5.74) is 1.53. The number of anilines is 4. The van der Waals surface area contributed by atoms with Crippen molar-refractivity contribution in [3.8, 4) is 0 Å². The third kappa shape index (κ3) is 6.06. The van der Waals surface area contributed by atoms with Gasteiger partial charge in [-0.25, -0.2) is 4.98 Å². The fourth-order valence-corrected chi connectivity index (χ4v) is 3.26. The Kier molecular flexibility index (Phi) is 6.94. The van der Waals surface area contributed by atoms with E-state index in [0.717, 1.165) is 29.0 Å². The number of aryl methyl sites for hydroxylation is 1. The van der Waals surface area contributed by atoms with Crippen molar-refractivity contribution in [3.63, 3.8) is 0 Å². The average molecular weight is 512 g/mol. The van der Waals surface area contributed by atoms with Crippen molar-refractivity contribution in [2.45, 2.75) is 32.4 Å². The smallest absolute Gasteiger partial charge is 0.340 e. The van der Waals surface area contributed by atoms with Crippen molar-refractivity contribution in [2.24, 2.45) is 0 Å². The van der Waals surface area contributed by atoms with Crippen LogP contribution < -0.4 is 10.6 Å². The SMILES string of the molecule is CCCCc1ccc(Nc2ncc(C(F)(F)F)c(Nc3cccc(I)c3)n2)cc1. The van der Waals surface area contributed by atoms with E-state index in [1.54, 1.807) is 18.2 Å². The predicted molar refractivity (Wildman–Crippen MR) is 118 cm³/mol. The van der Waals surface area contributed by atoms with Crippen LogP contribution in [0.1, 0.15) is 30.9 Å². The maximum Gasteiger partial charge on any atom is 0.421 e. The Morgan fingerprint density at radius 1 is 1.00 bits per heavy atom. The Bertz CT molecular complexity index is 959. The van der Waals surface area contributed by atoms with Crippen LogP contribution in [0.25, 0.3) is 0 Å². The molecule has 0 aliphatic heterocycles. The van der Waals surface area contributed by atoms with Crippen LogP contribution in [-0.4, -0.2) is 9.97 Å². The Hall–Kier alpha value is -2.36. The van der Waals surface area contributed by atoms with E-state index in [9.17, 15) is 13.2 Å². The van der Waals surface area contributed by atoms with Crippen LogP contribution in [0.5, 0.6) is 0 Å². The lowest BCUT2D eigenvalue weighted by molar-refractivity contribution is -0.137. The molecule has 3 aromatic rings. The van der Waals surface area contributed by atoms with Crippen molar-refractivity contribution in [3.05, 3.63) is 69.4 Å². The minimum absolute atomic E-state index is 0.0902. The zero-order valence-corrected chi connectivity index (χ0v) is 17.9. The fraction of sp³-hybridized carbons (Fsp3) is 0.238. The number of alkyl halides is 3. The number of halogens is 4. The molecule has 4 nitrogen and oxygen atoms in total. The molecule has 2 aromatic carbocycles. The van der Waals surface area contributed by atoms with Crippen LogP contribution in [0.3, 0.4) is 0 Å². The molecule has 0 spiro atoms. The minimum atomic E-state index is -4.57. The van der Waals surface area contributed by atoms with Gasteiger partial charge in [-0.15, -0.1) is 0 Å². The molecule has 0 bridgehead atoms. The normalized spacial score (nSPS) is 11.3. The summed E-state index contributed by atoms with van der Waals surface area (Å²) in [6.07, 6.45) is -0.541. The largest absolute Gasteiger partial charge is 0.421 e. The van der Waals surface area contributed by atoms with Gasteiger partial charge in [0.25, 0.3) is 0 Å². The molecule has 0 aliphatic carbocycles. The summed E-state index contributed by atoms with van der Waals surface area (Å²) >= 11 is 2.10. The summed E-state index contributed by atoms with van der Waals surface area (Å²) < 4.78 is 41.1. The molecule has 152 valence electrons. The summed E-state index contributed by atoms with van der Waals surface area (Å²) in [4.78, 5) is 7.92. The lowest BCUT2D eigenvalue weighted by Gasteiger charge is -2.15. The Morgan fingerprint density at radius 3 is 2.41 bits per heavy atom. The van der Waals surface area contributed by atoms with E-state index in [2.05, 4.69) is 50.1 Å². The molecule has 0 amide bonds. The molecule has 0 unspecified atom stereocenters. The molecule has 3 rings (SSSR count). The lowest BCUT2D eigenvalue weighted by atomic mass is 10.1. The van der Waals surface area contributed by atoms with Gasteiger partial charge in [0.15, 0.2) is 0 Å². The first-order valence-electron chi connectivity index (χ1n) is 9.18. The van der Waals surface area contributed by atoms with Gasteiger partial charge in [0, 0.05) is 21.1 Å². The van der Waals surface area contributed by atoms with Crippen LogP contribution >= 0.6 is 22.6 Å². The van der Waals surface area contributed by atoms with Gasteiger partial charge < -0.3 is 10.6 Å². The highest BCUT2D eigenvalue weighted by atomic mass is 127. The van der Waals surface area contributed by atoms with Gasteiger partial charge in [-0.2, -0.15) is 18.2 Å². The van der Waals surface area contributed by atoms with Gasteiger partial charge in [0.05, 0.1) is 0 Å². The third-order valence-corrected chi connectivity index (χ3v) is 4.88. The number of aromatic nitrogens is 2. The molecular formula is C21H20F3IN4. The van der Waals surface area contributed by atoms with Crippen molar-refractivity contribution in [2.75, 3.05) is 10.6 Å². The topological polar surface area (TPSA) is 49.8 Å². The fourth-order valence-electron chi connectivity index (χ4n) is 2.71. The second-order valence-corrected chi connectivity index (χ2v) is 7.76. The number of benzene rings is 2. The molecule has 2 N–H and O–H groups in total. The van der Waals surface area contributed by atoms with Gasteiger partial charge in [0.1, 0.15) is 11.4 Å². The Labute approximate surface area is 181 Å². The minimum Gasteiger partial charge on any atom is -0.340 e. The van der Waals surface area contributed by atoms with E-state index < -0.39 is 11.7 Å². The molecule has 1 heterocycles. The second kappa shape index (κ2) is 9.43. The van der Waals surface area contributed by atoms with E-state index in [0.29, 0.717) is 11.4 Å². The molecule has 0 saturated carbocycles. The van der Waals surface area contributed by atoms with Gasteiger partial charge >= 0.3 is 6.18 Å². The highest BCUT2D eigenvalue weighted by Crippen LogP contribution is 2.35. The van der Waals surface area contributed by atoms with E-state index in [1.807, 2.05) is 30.3 Å². The number of hydrogen-bond acceptors (Lipinski definition) is 4. The summed E-state index contributed by atoms with van der Waals surface area (Å²) in [5.74, 6) is -0.205. The molecular weight excluding hydrogens is 492 g/mol. The van der Waals surface area contributed by atoms with Crippen molar-refractivity contribution in [1.29, 1.82) is 0 Å². The number of hydrogen-bond donors (Lipinski definition) is 2. The Morgan fingerprint density at radius 2 is 1.76 bits per heavy atom. The Balaban J connectivity index is 1.84. The number of unbranched alkanes of at least 4 members (excludes halogenated alkanes) is 1. The number of rotatable bonds is 7. The third-order valence-electron chi connectivity index (χ3n) is 4.21. The predicted octanol–water partition coefficient (Wildman–Crippen LogP) is 6.93. The van der Waals surface area contributed by atoms with E-state index >= 15 is 0 Å². The molecule has 0 aliphatic rings. The summed E-state index contributed by atoms with van der Waals surface area (Å²) in [7, 11) is 0. The first kappa shape index (κ1) is 21.4. The van der Waals surface area contributed by atoms with Crippen LogP contribution in [-0.2, 0) is 12.6 Å². The number of nitrogens with zero attached hydrogens (tertiary/aromatic N) is 2. The highest BCUT2D eigenvalue weighted by Gasteiger charge is 2.35. The van der Waals surface area contributed by atoms with Gasteiger partial charge in [-0.3, -0.25) is 0 Å². The molecule has 1 aromatic heterocycles. The quantitative estimate of drug-likeness (QED) is 0.337. The van der Waals surface area contributed by atoms with Crippen LogP contribution in [0.15, 0.2) is 54.7 Å². The maximum atomic E-state index is 13.4. The number of nitrogens with one attached hydrogen (secondary N) is 2. The van der Waals surface area contributed by atoms with Crippen LogP contribution in [0.2, 0.25) is 0 Å². The highest BCUT2D eigenvalue weighted by molar-refractivity contribution is 14.1. The summed E-state index contributed by atoms with van der Waals surface area (Å²) in [5, 5.41) is 5.73. The molecule has 0 saturated heterocycles. The second-order valence-electron chi connectivity index (χ2n) is 6.51. The summed E-state index contributed by atoms with van der Waals surface area (Å²) in [6.45, 7) is 2.14. The standard InChI is InChI=1S/C21H20F3IN4/c1-2-3-5-14-8-10-16(11-9-14)28-20-26-13-18(21(22,23)24)19(29-20)27-17-7-4-6-15(25)12-17/h4,6-13H,2-3,5H2,1H3,(H2,26,27,28,29). The van der Waals surface area contributed by atoms with Gasteiger partial charge in [-0.05, 0) is 71.3 Å². The van der Waals surface area contributed by atoms with Crippen molar-refractivity contribution >= 4 is 45.7 Å². The zero-order chi connectivity index (χ0) is 20.9. The van der Waals surface area contributed by atoms with E-state index in [-0.39, 0.29) is 11.8 Å². The van der Waals surface area contributed by atoms with E-state index in [1.165, 1.54) is 5.56 Å². The van der Waals surface area contributed by atoms with Gasteiger partial charge in [0.2, 0.25) is 5.95 Å². The zero-order valence-electron chi connectivity index (χ0n) is 15.7. The van der Waals surface area contributed by atoms with Crippen LogP contribution in [0.4, 0.5) is 36.3 Å². The molecule has 0 radical (unpaired) electrons. The molecule has 8 heteroatoms. The molecule has 29 heavy (non-hydrogen) atoms. The van der Waals surface area contributed by atoms with Crippen molar-refractivity contribution < 1.29 is 13.2 Å². The molecule has 0 atom stereocenters.